The summed E-state index contributed by atoms with van der Waals surface area (Å²) in [5, 5.41) is 11.3. The van der Waals surface area contributed by atoms with Crippen LogP contribution in [0.2, 0.25) is 0 Å². The smallest absolute Gasteiger partial charge is 0.243 e. The van der Waals surface area contributed by atoms with Crippen LogP contribution in [0.4, 0.5) is 22.7 Å². The van der Waals surface area contributed by atoms with Crippen LogP contribution < -0.4 is 21.3 Å². The first-order valence-corrected chi connectivity index (χ1v) is 8.69. The number of hydrogen-bond donors (Lipinski definition) is 4. The lowest BCUT2D eigenvalue weighted by molar-refractivity contribution is -0.116. The van der Waals surface area contributed by atoms with E-state index in [0.717, 1.165) is 16.9 Å². The molecule has 0 spiro atoms. The van der Waals surface area contributed by atoms with Crippen molar-refractivity contribution in [1.29, 1.82) is 0 Å². The van der Waals surface area contributed by atoms with Gasteiger partial charge >= 0.3 is 0 Å². The van der Waals surface area contributed by atoms with E-state index in [1.807, 2.05) is 19.1 Å². The Morgan fingerprint density at radius 2 is 1.41 bits per heavy atom. The molecule has 0 aliphatic heterocycles. The summed E-state index contributed by atoms with van der Waals surface area (Å²) < 4.78 is 0. The maximum absolute atomic E-state index is 12.1. The lowest BCUT2D eigenvalue weighted by Crippen LogP contribution is -2.22. The second-order valence-corrected chi connectivity index (χ2v) is 6.09. The second kappa shape index (κ2) is 9.38. The van der Waals surface area contributed by atoms with Gasteiger partial charge < -0.3 is 21.3 Å². The number of benzene rings is 2. The Balaban J connectivity index is 1.90. The van der Waals surface area contributed by atoms with Crippen LogP contribution in [0.1, 0.15) is 25.8 Å². The first-order chi connectivity index (χ1) is 12.9. The van der Waals surface area contributed by atoms with Gasteiger partial charge in [-0.1, -0.05) is 13.0 Å². The largest absolute Gasteiger partial charge is 0.376 e. The van der Waals surface area contributed by atoms with Crippen LogP contribution in [-0.2, 0) is 14.4 Å². The lowest BCUT2D eigenvalue weighted by atomic mass is 10.1. The van der Waals surface area contributed by atoms with E-state index >= 15 is 0 Å². The number of aryl methyl sites for hydroxylation is 1. The molecule has 0 saturated carbocycles. The van der Waals surface area contributed by atoms with E-state index in [2.05, 4.69) is 21.3 Å². The molecule has 27 heavy (non-hydrogen) atoms. The van der Waals surface area contributed by atoms with Gasteiger partial charge in [-0.05, 0) is 48.9 Å². The Morgan fingerprint density at radius 3 is 2.00 bits per heavy atom. The minimum absolute atomic E-state index is 0.0595. The summed E-state index contributed by atoms with van der Waals surface area (Å²) in [6, 6.07) is 12.4. The van der Waals surface area contributed by atoms with Crippen LogP contribution in [0, 0.1) is 6.92 Å². The number of hydrogen-bond acceptors (Lipinski definition) is 4. The fraction of sp³-hybridized carbons (Fsp3) is 0.250. The van der Waals surface area contributed by atoms with Crippen molar-refractivity contribution in [2.24, 2.45) is 0 Å². The summed E-state index contributed by atoms with van der Waals surface area (Å²) in [7, 11) is 0. The summed E-state index contributed by atoms with van der Waals surface area (Å²) >= 11 is 0. The standard InChI is InChI=1S/C20H24N4O3/c1-4-19(26)24-18-11-17(6-5-13(18)2)21-12-20(27)23-16-9-7-15(8-10-16)22-14(3)25/h5-11,21H,4,12H2,1-3H3,(H,22,25)(H,23,27)(H,24,26). The topological polar surface area (TPSA) is 99.3 Å². The van der Waals surface area contributed by atoms with E-state index < -0.39 is 0 Å². The summed E-state index contributed by atoms with van der Waals surface area (Å²) in [5.74, 6) is -0.415. The first-order valence-electron chi connectivity index (χ1n) is 8.69. The highest BCUT2D eigenvalue weighted by Gasteiger charge is 2.06. The molecule has 4 N–H and O–H groups in total. The minimum atomic E-state index is -0.206. The van der Waals surface area contributed by atoms with Gasteiger partial charge in [-0.15, -0.1) is 0 Å². The van der Waals surface area contributed by atoms with Gasteiger partial charge in [0, 0.05) is 36.1 Å². The fourth-order valence-corrected chi connectivity index (χ4v) is 2.33. The second-order valence-electron chi connectivity index (χ2n) is 6.09. The zero-order valence-electron chi connectivity index (χ0n) is 15.7. The number of nitrogens with one attached hydrogen (secondary N) is 4. The Labute approximate surface area is 158 Å². The molecule has 3 amide bonds. The van der Waals surface area contributed by atoms with Crippen LogP contribution in [-0.4, -0.2) is 24.3 Å². The molecular formula is C20H24N4O3. The molecule has 0 bridgehead atoms. The van der Waals surface area contributed by atoms with E-state index in [1.165, 1.54) is 6.92 Å². The van der Waals surface area contributed by atoms with Gasteiger partial charge in [0.1, 0.15) is 0 Å². The molecule has 2 aromatic rings. The minimum Gasteiger partial charge on any atom is -0.376 e. The van der Waals surface area contributed by atoms with E-state index in [0.29, 0.717) is 17.8 Å². The lowest BCUT2D eigenvalue weighted by Gasteiger charge is -2.12. The van der Waals surface area contributed by atoms with Crippen molar-refractivity contribution in [3.8, 4) is 0 Å². The third kappa shape index (κ3) is 6.47. The number of anilines is 4. The number of rotatable bonds is 7. The molecule has 0 unspecified atom stereocenters. The zero-order chi connectivity index (χ0) is 19.8. The number of amides is 3. The molecule has 0 radical (unpaired) electrons. The highest BCUT2D eigenvalue weighted by Crippen LogP contribution is 2.20. The monoisotopic (exact) mass is 368 g/mol. The van der Waals surface area contributed by atoms with Crippen molar-refractivity contribution in [3.63, 3.8) is 0 Å². The predicted molar refractivity (Wildman–Crippen MR) is 108 cm³/mol. The van der Waals surface area contributed by atoms with Gasteiger partial charge in [-0.3, -0.25) is 14.4 Å². The third-order valence-electron chi connectivity index (χ3n) is 3.77. The quantitative estimate of drug-likeness (QED) is 0.602. The van der Waals surface area contributed by atoms with Crippen molar-refractivity contribution in [2.75, 3.05) is 27.8 Å². The Bertz CT molecular complexity index is 832. The molecule has 0 heterocycles. The van der Waals surface area contributed by atoms with Crippen LogP contribution in [0.25, 0.3) is 0 Å². The molecule has 0 aliphatic rings. The number of carbonyl (C=O) groups excluding carboxylic acids is 3. The van der Waals surface area contributed by atoms with Gasteiger partial charge in [-0.25, -0.2) is 0 Å². The molecule has 2 aromatic carbocycles. The maximum Gasteiger partial charge on any atom is 0.243 e. The molecule has 0 fully saturated rings. The predicted octanol–water partition coefficient (Wildman–Crippen LogP) is 3.35. The Kier molecular flexibility index (Phi) is 6.93. The van der Waals surface area contributed by atoms with Gasteiger partial charge in [0.2, 0.25) is 17.7 Å². The first kappa shape index (κ1) is 20.0. The summed E-state index contributed by atoms with van der Waals surface area (Å²) in [5.41, 5.74) is 3.71. The van der Waals surface area contributed by atoms with Crippen molar-refractivity contribution in [2.45, 2.75) is 27.2 Å². The summed E-state index contributed by atoms with van der Waals surface area (Å²) in [6.45, 7) is 5.22. The molecule has 0 saturated heterocycles. The van der Waals surface area contributed by atoms with Crippen LogP contribution >= 0.6 is 0 Å². The molecule has 2 rings (SSSR count). The summed E-state index contributed by atoms with van der Waals surface area (Å²) in [4.78, 5) is 34.7. The fourth-order valence-electron chi connectivity index (χ4n) is 2.33. The average Bonchev–Trinajstić information content (AvgIpc) is 2.63. The molecule has 0 atom stereocenters. The van der Waals surface area contributed by atoms with E-state index in [4.69, 9.17) is 0 Å². The molecule has 0 aliphatic carbocycles. The van der Waals surface area contributed by atoms with Crippen molar-refractivity contribution >= 4 is 40.5 Å². The molecular weight excluding hydrogens is 344 g/mol. The van der Waals surface area contributed by atoms with Gasteiger partial charge in [0.25, 0.3) is 0 Å². The summed E-state index contributed by atoms with van der Waals surface area (Å²) in [6.07, 6.45) is 0.403. The van der Waals surface area contributed by atoms with Crippen LogP contribution in [0.3, 0.4) is 0 Å². The molecule has 142 valence electrons. The average molecular weight is 368 g/mol. The molecule has 0 aromatic heterocycles. The van der Waals surface area contributed by atoms with E-state index in [1.54, 1.807) is 37.3 Å². The van der Waals surface area contributed by atoms with Crippen molar-refractivity contribution in [3.05, 3.63) is 48.0 Å². The Morgan fingerprint density at radius 1 is 0.815 bits per heavy atom. The van der Waals surface area contributed by atoms with Gasteiger partial charge in [0.05, 0.1) is 6.54 Å². The van der Waals surface area contributed by atoms with E-state index in [-0.39, 0.29) is 24.3 Å². The molecule has 7 nitrogen and oxygen atoms in total. The zero-order valence-corrected chi connectivity index (χ0v) is 15.7. The maximum atomic E-state index is 12.1. The van der Waals surface area contributed by atoms with E-state index in [9.17, 15) is 14.4 Å². The van der Waals surface area contributed by atoms with Gasteiger partial charge in [-0.2, -0.15) is 0 Å². The third-order valence-corrected chi connectivity index (χ3v) is 3.77. The highest BCUT2D eigenvalue weighted by molar-refractivity contribution is 5.95. The Hall–Kier alpha value is -3.35. The normalized spacial score (nSPS) is 10.0. The SMILES string of the molecule is CCC(=O)Nc1cc(NCC(=O)Nc2ccc(NC(C)=O)cc2)ccc1C. The van der Waals surface area contributed by atoms with Crippen LogP contribution in [0.5, 0.6) is 0 Å². The van der Waals surface area contributed by atoms with Crippen molar-refractivity contribution in [1.82, 2.24) is 0 Å². The highest BCUT2D eigenvalue weighted by atomic mass is 16.2. The van der Waals surface area contributed by atoms with Crippen molar-refractivity contribution < 1.29 is 14.4 Å². The van der Waals surface area contributed by atoms with Gasteiger partial charge in [0.15, 0.2) is 0 Å². The number of carbonyl (C=O) groups is 3. The van der Waals surface area contributed by atoms with Crippen LogP contribution in [0.15, 0.2) is 42.5 Å². The molecule has 7 heteroatoms.